The molecule has 2 N–H and O–H groups in total. The van der Waals surface area contributed by atoms with Crippen molar-refractivity contribution in [1.82, 2.24) is 4.90 Å². The Bertz CT molecular complexity index is 238. The molecule has 0 aromatic carbocycles. The summed E-state index contributed by atoms with van der Waals surface area (Å²) in [6, 6.07) is 2.04. The van der Waals surface area contributed by atoms with Crippen LogP contribution >= 0.6 is 0 Å². The summed E-state index contributed by atoms with van der Waals surface area (Å²) >= 11 is 0. The number of nitriles is 1. The fourth-order valence-electron chi connectivity index (χ4n) is 2.03. The number of hydrogen-bond acceptors (Lipinski definition) is 3. The maximum Gasteiger partial charge on any atom is 0.237 e. The third-order valence-electron chi connectivity index (χ3n) is 2.93. The van der Waals surface area contributed by atoms with Gasteiger partial charge in [0.25, 0.3) is 0 Å². The lowest BCUT2D eigenvalue weighted by Crippen LogP contribution is -2.54. The highest BCUT2D eigenvalue weighted by Gasteiger charge is 2.42. The van der Waals surface area contributed by atoms with Gasteiger partial charge in [0.2, 0.25) is 5.91 Å². The van der Waals surface area contributed by atoms with Crippen LogP contribution in [0.25, 0.3) is 0 Å². The van der Waals surface area contributed by atoms with E-state index in [1.54, 1.807) is 11.9 Å². The van der Waals surface area contributed by atoms with Gasteiger partial charge in [-0.25, -0.2) is 0 Å². The quantitative estimate of drug-likeness (QED) is 0.634. The van der Waals surface area contributed by atoms with E-state index in [-0.39, 0.29) is 12.5 Å². The van der Waals surface area contributed by atoms with E-state index in [4.69, 9.17) is 11.0 Å². The Kier molecular flexibility index (Phi) is 2.89. The molecule has 0 atom stereocenters. The summed E-state index contributed by atoms with van der Waals surface area (Å²) in [5.41, 5.74) is 4.83. The summed E-state index contributed by atoms with van der Waals surface area (Å²) in [5.74, 6) is -0.289. The Morgan fingerprint density at radius 2 is 2.15 bits per heavy atom. The second kappa shape index (κ2) is 3.75. The Morgan fingerprint density at radius 1 is 1.62 bits per heavy atom. The van der Waals surface area contributed by atoms with Gasteiger partial charge < -0.3 is 5.73 Å². The molecule has 0 saturated heterocycles. The lowest BCUT2D eigenvalue weighted by molar-refractivity contribution is -0.128. The van der Waals surface area contributed by atoms with Crippen LogP contribution in [0.1, 0.15) is 25.7 Å². The summed E-state index contributed by atoms with van der Waals surface area (Å²) in [5, 5.41) is 8.55. The molecular formula is C9H15N3O. The zero-order valence-electron chi connectivity index (χ0n) is 7.92. The third kappa shape index (κ3) is 1.65. The zero-order valence-corrected chi connectivity index (χ0v) is 7.92. The minimum atomic E-state index is -0.546. The average Bonchev–Trinajstić information content (AvgIpc) is 2.53. The van der Waals surface area contributed by atoms with Gasteiger partial charge in [-0.15, -0.1) is 0 Å². The van der Waals surface area contributed by atoms with Gasteiger partial charge in [-0.1, -0.05) is 12.8 Å². The van der Waals surface area contributed by atoms with Gasteiger partial charge in [-0.2, -0.15) is 5.26 Å². The molecule has 72 valence electrons. The van der Waals surface area contributed by atoms with Crippen molar-refractivity contribution in [3.8, 4) is 6.07 Å². The van der Waals surface area contributed by atoms with E-state index in [9.17, 15) is 4.79 Å². The molecule has 0 radical (unpaired) electrons. The molecule has 13 heavy (non-hydrogen) atoms. The Morgan fingerprint density at radius 3 is 2.54 bits per heavy atom. The van der Waals surface area contributed by atoms with Gasteiger partial charge in [-0.3, -0.25) is 9.69 Å². The lowest BCUT2D eigenvalue weighted by Gasteiger charge is -2.33. The molecule has 0 heterocycles. The van der Waals surface area contributed by atoms with Gasteiger partial charge >= 0.3 is 0 Å². The predicted molar refractivity (Wildman–Crippen MR) is 48.6 cm³/mol. The van der Waals surface area contributed by atoms with Crippen LogP contribution in [-0.4, -0.2) is 29.9 Å². The summed E-state index contributed by atoms with van der Waals surface area (Å²) in [4.78, 5) is 13.1. The molecule has 1 rings (SSSR count). The second-order valence-electron chi connectivity index (χ2n) is 3.62. The summed E-state index contributed by atoms with van der Waals surface area (Å²) in [7, 11) is 1.79. The van der Waals surface area contributed by atoms with Crippen LogP contribution in [0.4, 0.5) is 0 Å². The van der Waals surface area contributed by atoms with Crippen LogP contribution in [0.15, 0.2) is 0 Å². The monoisotopic (exact) mass is 181 g/mol. The number of primary amides is 1. The molecule has 1 aliphatic rings. The molecular weight excluding hydrogens is 166 g/mol. The van der Waals surface area contributed by atoms with Gasteiger partial charge in [0, 0.05) is 0 Å². The number of nitrogens with two attached hydrogens (primary N) is 1. The van der Waals surface area contributed by atoms with Gasteiger partial charge in [0.1, 0.15) is 5.54 Å². The topological polar surface area (TPSA) is 70.1 Å². The molecule has 0 aliphatic heterocycles. The summed E-state index contributed by atoms with van der Waals surface area (Å²) in [6.45, 7) is 0.267. The first-order valence-corrected chi connectivity index (χ1v) is 4.51. The van der Waals surface area contributed by atoms with E-state index in [0.717, 1.165) is 25.7 Å². The number of nitrogens with zero attached hydrogens (tertiary/aromatic N) is 2. The van der Waals surface area contributed by atoms with Crippen LogP contribution < -0.4 is 5.73 Å². The van der Waals surface area contributed by atoms with Gasteiger partial charge in [0.05, 0.1) is 12.6 Å². The van der Waals surface area contributed by atoms with Crippen LogP contribution in [-0.2, 0) is 4.79 Å². The number of hydrogen-bond donors (Lipinski definition) is 1. The number of rotatable bonds is 3. The maximum atomic E-state index is 11.3. The molecule has 1 fully saturated rings. The fourth-order valence-corrected chi connectivity index (χ4v) is 2.03. The first-order chi connectivity index (χ1) is 6.13. The maximum absolute atomic E-state index is 11.3. The van der Waals surface area contributed by atoms with Crippen molar-refractivity contribution in [1.29, 1.82) is 5.26 Å². The second-order valence-corrected chi connectivity index (χ2v) is 3.62. The van der Waals surface area contributed by atoms with Crippen molar-refractivity contribution < 1.29 is 4.79 Å². The smallest absolute Gasteiger partial charge is 0.237 e. The molecule has 4 heteroatoms. The molecule has 0 aromatic heterocycles. The molecule has 4 nitrogen and oxygen atoms in total. The van der Waals surface area contributed by atoms with Crippen LogP contribution in [0, 0.1) is 11.3 Å². The Balaban J connectivity index is 2.79. The van der Waals surface area contributed by atoms with E-state index in [1.807, 2.05) is 6.07 Å². The standard InChI is InChI=1S/C9H15N3O/c1-12(7-6-10)9(8(11)13)4-2-3-5-9/h2-5,7H2,1H3,(H2,11,13). The van der Waals surface area contributed by atoms with E-state index in [2.05, 4.69) is 0 Å². The number of carbonyl (C=O) groups excluding carboxylic acids is 1. The highest BCUT2D eigenvalue weighted by atomic mass is 16.1. The largest absolute Gasteiger partial charge is 0.368 e. The van der Waals surface area contributed by atoms with Crippen LogP contribution in [0.3, 0.4) is 0 Å². The van der Waals surface area contributed by atoms with E-state index in [1.165, 1.54) is 0 Å². The first-order valence-electron chi connectivity index (χ1n) is 4.51. The molecule has 1 amide bonds. The van der Waals surface area contributed by atoms with E-state index in [0.29, 0.717) is 0 Å². The molecule has 1 saturated carbocycles. The van der Waals surface area contributed by atoms with Crippen molar-refractivity contribution in [2.24, 2.45) is 5.73 Å². The van der Waals surface area contributed by atoms with Gasteiger partial charge in [0.15, 0.2) is 0 Å². The molecule has 0 unspecified atom stereocenters. The van der Waals surface area contributed by atoms with Crippen molar-refractivity contribution in [3.63, 3.8) is 0 Å². The van der Waals surface area contributed by atoms with Crippen LogP contribution in [0.2, 0.25) is 0 Å². The minimum absolute atomic E-state index is 0.267. The molecule has 0 bridgehead atoms. The first kappa shape index (κ1) is 10.0. The summed E-state index contributed by atoms with van der Waals surface area (Å²) in [6.07, 6.45) is 3.64. The van der Waals surface area contributed by atoms with Gasteiger partial charge in [-0.05, 0) is 19.9 Å². The predicted octanol–water partition coefficient (Wildman–Crippen LogP) is 0.240. The number of amides is 1. The third-order valence-corrected chi connectivity index (χ3v) is 2.93. The van der Waals surface area contributed by atoms with Crippen molar-refractivity contribution in [2.75, 3.05) is 13.6 Å². The molecule has 0 aromatic rings. The van der Waals surface area contributed by atoms with Crippen molar-refractivity contribution in [2.45, 2.75) is 31.2 Å². The number of likely N-dealkylation sites (N-methyl/N-ethyl adjacent to an activating group) is 1. The zero-order chi connectivity index (χ0) is 9.90. The number of carbonyl (C=O) groups is 1. The SMILES string of the molecule is CN(CC#N)C1(C(N)=O)CCCC1. The highest BCUT2D eigenvalue weighted by Crippen LogP contribution is 2.33. The Hall–Kier alpha value is -1.08. The van der Waals surface area contributed by atoms with Crippen molar-refractivity contribution in [3.05, 3.63) is 0 Å². The van der Waals surface area contributed by atoms with E-state index >= 15 is 0 Å². The average molecular weight is 181 g/mol. The van der Waals surface area contributed by atoms with E-state index < -0.39 is 5.54 Å². The fraction of sp³-hybridized carbons (Fsp3) is 0.778. The molecule has 0 spiro atoms. The van der Waals surface area contributed by atoms with Crippen molar-refractivity contribution >= 4 is 5.91 Å². The minimum Gasteiger partial charge on any atom is -0.368 e. The lowest BCUT2D eigenvalue weighted by atomic mass is 9.95. The summed E-state index contributed by atoms with van der Waals surface area (Å²) < 4.78 is 0. The normalized spacial score (nSPS) is 20.1. The molecule has 1 aliphatic carbocycles. The highest BCUT2D eigenvalue weighted by molar-refractivity contribution is 5.85. The van der Waals surface area contributed by atoms with Crippen LogP contribution in [0.5, 0.6) is 0 Å². The Labute approximate surface area is 78.3 Å².